The Labute approximate surface area is 184 Å². The van der Waals surface area contributed by atoms with E-state index in [4.69, 9.17) is 0 Å². The summed E-state index contributed by atoms with van der Waals surface area (Å²) >= 11 is 0. The number of carbonyl (C=O) groups excluding carboxylic acids is 1. The highest BCUT2D eigenvalue weighted by atomic mass is 32.2. The average Bonchev–Trinajstić information content (AvgIpc) is 2.78. The summed E-state index contributed by atoms with van der Waals surface area (Å²) in [5.41, 5.74) is 3.29. The van der Waals surface area contributed by atoms with Crippen LogP contribution in [0.3, 0.4) is 0 Å². The van der Waals surface area contributed by atoms with Gasteiger partial charge in [0, 0.05) is 24.3 Å². The van der Waals surface area contributed by atoms with Crippen molar-refractivity contribution in [2.75, 3.05) is 11.9 Å². The first-order valence-electron chi connectivity index (χ1n) is 10.4. The molecule has 0 saturated heterocycles. The van der Waals surface area contributed by atoms with Crippen molar-refractivity contribution >= 4 is 21.6 Å². The van der Waals surface area contributed by atoms with Gasteiger partial charge in [0.1, 0.15) is 0 Å². The number of rotatable bonds is 8. The molecule has 0 radical (unpaired) electrons. The molecule has 0 aliphatic carbocycles. The van der Waals surface area contributed by atoms with Gasteiger partial charge in [0.15, 0.2) is 0 Å². The molecule has 3 aromatic rings. The molecule has 1 amide bonds. The quantitative estimate of drug-likeness (QED) is 0.523. The summed E-state index contributed by atoms with van der Waals surface area (Å²) < 4.78 is 27.2. The third-order valence-corrected chi connectivity index (χ3v) is 7.08. The Balaban J connectivity index is 1.68. The van der Waals surface area contributed by atoms with E-state index < -0.39 is 10.0 Å². The number of nitrogens with one attached hydrogen (secondary N) is 1. The van der Waals surface area contributed by atoms with E-state index in [1.165, 1.54) is 9.87 Å². The molecule has 3 rings (SSSR count). The lowest BCUT2D eigenvalue weighted by Gasteiger charge is -2.20. The van der Waals surface area contributed by atoms with Crippen molar-refractivity contribution in [1.82, 2.24) is 4.31 Å². The normalized spacial score (nSPS) is 11.6. The van der Waals surface area contributed by atoms with E-state index in [0.29, 0.717) is 18.0 Å². The van der Waals surface area contributed by atoms with Crippen molar-refractivity contribution in [3.05, 3.63) is 95.6 Å². The van der Waals surface area contributed by atoms with Crippen LogP contribution in [0.1, 0.15) is 48.2 Å². The van der Waals surface area contributed by atoms with E-state index in [-0.39, 0.29) is 17.3 Å². The van der Waals surface area contributed by atoms with Crippen molar-refractivity contribution in [3.63, 3.8) is 0 Å². The molecule has 0 saturated carbocycles. The highest BCUT2D eigenvalue weighted by Crippen LogP contribution is 2.20. The molecule has 3 aromatic carbocycles. The molecule has 162 valence electrons. The molecule has 0 aliphatic rings. The Bertz CT molecular complexity index is 1110. The fourth-order valence-corrected chi connectivity index (χ4v) is 4.69. The van der Waals surface area contributed by atoms with Crippen LogP contribution in [-0.4, -0.2) is 25.2 Å². The molecule has 31 heavy (non-hydrogen) atoms. The van der Waals surface area contributed by atoms with Crippen LogP contribution in [0.25, 0.3) is 0 Å². The molecule has 6 heteroatoms. The molecule has 0 heterocycles. The van der Waals surface area contributed by atoms with Crippen LogP contribution in [0.15, 0.2) is 83.8 Å². The monoisotopic (exact) mass is 436 g/mol. The van der Waals surface area contributed by atoms with Crippen LogP contribution in [-0.2, 0) is 16.6 Å². The first-order valence-corrected chi connectivity index (χ1v) is 11.8. The second-order valence-corrected chi connectivity index (χ2v) is 9.61. The first kappa shape index (κ1) is 22.7. The van der Waals surface area contributed by atoms with Gasteiger partial charge in [-0.1, -0.05) is 63.2 Å². The molecule has 5 nitrogen and oxygen atoms in total. The van der Waals surface area contributed by atoms with E-state index in [1.54, 1.807) is 54.6 Å². The number of sulfonamides is 1. The molecular weight excluding hydrogens is 408 g/mol. The summed E-state index contributed by atoms with van der Waals surface area (Å²) in [7, 11) is -3.57. The van der Waals surface area contributed by atoms with E-state index in [2.05, 4.69) is 19.2 Å². The van der Waals surface area contributed by atoms with Crippen LogP contribution >= 0.6 is 0 Å². The highest BCUT2D eigenvalue weighted by molar-refractivity contribution is 7.89. The van der Waals surface area contributed by atoms with Gasteiger partial charge in [0.2, 0.25) is 10.0 Å². The maximum absolute atomic E-state index is 12.9. The average molecular weight is 437 g/mol. The van der Waals surface area contributed by atoms with E-state index >= 15 is 0 Å². The number of benzene rings is 3. The lowest BCUT2D eigenvalue weighted by atomic mass is 10.0. The largest absolute Gasteiger partial charge is 0.322 e. The number of amides is 1. The summed E-state index contributed by atoms with van der Waals surface area (Å²) in [6.07, 6.45) is 0. The van der Waals surface area contributed by atoms with Crippen molar-refractivity contribution in [3.8, 4) is 0 Å². The molecule has 0 atom stereocenters. The van der Waals surface area contributed by atoms with E-state index in [0.717, 1.165) is 11.3 Å². The Morgan fingerprint density at radius 1 is 0.903 bits per heavy atom. The maximum atomic E-state index is 12.9. The number of anilines is 1. The Morgan fingerprint density at radius 3 is 2.06 bits per heavy atom. The van der Waals surface area contributed by atoms with Crippen molar-refractivity contribution in [1.29, 1.82) is 0 Å². The van der Waals surface area contributed by atoms with Crippen LogP contribution in [0.4, 0.5) is 5.69 Å². The topological polar surface area (TPSA) is 66.5 Å². The first-order chi connectivity index (χ1) is 14.8. The van der Waals surface area contributed by atoms with Crippen molar-refractivity contribution in [2.24, 2.45) is 0 Å². The Morgan fingerprint density at radius 2 is 1.52 bits per heavy atom. The molecule has 0 bridgehead atoms. The second-order valence-electron chi connectivity index (χ2n) is 7.67. The molecule has 0 aromatic heterocycles. The van der Waals surface area contributed by atoms with Gasteiger partial charge in [-0.05, 0) is 53.4 Å². The van der Waals surface area contributed by atoms with Gasteiger partial charge < -0.3 is 5.32 Å². The van der Waals surface area contributed by atoms with Crippen molar-refractivity contribution < 1.29 is 13.2 Å². The summed E-state index contributed by atoms with van der Waals surface area (Å²) in [4.78, 5) is 12.8. The fourth-order valence-electron chi connectivity index (χ4n) is 3.23. The van der Waals surface area contributed by atoms with Crippen LogP contribution < -0.4 is 5.32 Å². The summed E-state index contributed by atoms with van der Waals surface area (Å²) in [6, 6.07) is 23.2. The molecular formula is C25H28N2O3S. The third-order valence-electron chi connectivity index (χ3n) is 5.14. The lowest BCUT2D eigenvalue weighted by molar-refractivity contribution is 0.102. The zero-order chi connectivity index (χ0) is 22.4. The standard InChI is InChI=1S/C25H28N2O3S/c1-4-27(31(29,30)24-8-6-5-7-9-24)18-20-10-12-22(13-11-20)25(28)26-23-16-14-21(15-17-23)19(2)3/h5-17,19H,4,18H2,1-3H3,(H,26,28). The zero-order valence-corrected chi connectivity index (χ0v) is 18.9. The van der Waals surface area contributed by atoms with Crippen LogP contribution in [0.5, 0.6) is 0 Å². The fraction of sp³-hybridized carbons (Fsp3) is 0.240. The third kappa shape index (κ3) is 5.60. The van der Waals surface area contributed by atoms with Gasteiger partial charge in [-0.25, -0.2) is 8.42 Å². The minimum absolute atomic E-state index is 0.201. The Hall–Kier alpha value is -2.96. The van der Waals surface area contributed by atoms with Gasteiger partial charge in [0.25, 0.3) is 5.91 Å². The summed E-state index contributed by atoms with van der Waals surface area (Å²) in [6.45, 7) is 6.66. The lowest BCUT2D eigenvalue weighted by Crippen LogP contribution is -2.30. The second kappa shape index (κ2) is 9.90. The smallest absolute Gasteiger partial charge is 0.255 e. The van der Waals surface area contributed by atoms with Gasteiger partial charge in [-0.3, -0.25) is 4.79 Å². The molecule has 0 aliphatic heterocycles. The number of carbonyl (C=O) groups is 1. The van der Waals surface area contributed by atoms with Gasteiger partial charge in [0.05, 0.1) is 4.90 Å². The minimum Gasteiger partial charge on any atom is -0.322 e. The van der Waals surface area contributed by atoms with E-state index in [1.807, 2.05) is 31.2 Å². The van der Waals surface area contributed by atoms with E-state index in [9.17, 15) is 13.2 Å². The SMILES string of the molecule is CCN(Cc1ccc(C(=O)Nc2ccc(C(C)C)cc2)cc1)S(=O)(=O)c1ccccc1. The summed E-state index contributed by atoms with van der Waals surface area (Å²) in [5, 5.41) is 2.90. The maximum Gasteiger partial charge on any atom is 0.255 e. The summed E-state index contributed by atoms with van der Waals surface area (Å²) in [5.74, 6) is 0.235. The number of nitrogens with zero attached hydrogens (tertiary/aromatic N) is 1. The Kier molecular flexibility index (Phi) is 7.25. The molecule has 1 N–H and O–H groups in total. The zero-order valence-electron chi connectivity index (χ0n) is 18.1. The number of hydrogen-bond donors (Lipinski definition) is 1. The van der Waals surface area contributed by atoms with Gasteiger partial charge in [-0.2, -0.15) is 4.31 Å². The molecule has 0 fully saturated rings. The van der Waals surface area contributed by atoms with Crippen LogP contribution in [0, 0.1) is 0 Å². The number of hydrogen-bond acceptors (Lipinski definition) is 3. The van der Waals surface area contributed by atoms with Crippen molar-refractivity contribution in [2.45, 2.75) is 38.1 Å². The molecule has 0 spiro atoms. The van der Waals surface area contributed by atoms with Gasteiger partial charge in [-0.15, -0.1) is 0 Å². The highest BCUT2D eigenvalue weighted by Gasteiger charge is 2.23. The predicted octanol–water partition coefficient (Wildman–Crippen LogP) is 5.27. The molecule has 0 unspecified atom stereocenters. The van der Waals surface area contributed by atoms with Crippen LogP contribution in [0.2, 0.25) is 0 Å². The predicted molar refractivity (Wildman–Crippen MR) is 125 cm³/mol. The van der Waals surface area contributed by atoms with Gasteiger partial charge >= 0.3 is 0 Å². The minimum atomic E-state index is -3.57.